The van der Waals surface area contributed by atoms with Gasteiger partial charge in [-0.25, -0.2) is 4.98 Å². The Labute approximate surface area is 126 Å². The number of thiazole rings is 1. The minimum Gasteiger partial charge on any atom is -0.410 e. The lowest BCUT2D eigenvalue weighted by Gasteiger charge is -2.35. The standard InChI is InChI=1S/C14H25NO3SSi/c1-13(2,3)20(5,6)18-9-12-15-11(10-19-12)14(4)16-7-8-17-14/h10H,7-9H2,1-6H3. The van der Waals surface area contributed by atoms with Crippen LogP contribution >= 0.6 is 11.3 Å². The number of hydrogen-bond acceptors (Lipinski definition) is 5. The van der Waals surface area contributed by atoms with Gasteiger partial charge in [0, 0.05) is 5.38 Å². The lowest BCUT2D eigenvalue weighted by atomic mass is 10.2. The van der Waals surface area contributed by atoms with Gasteiger partial charge < -0.3 is 13.9 Å². The van der Waals surface area contributed by atoms with Crippen LogP contribution in [0.5, 0.6) is 0 Å². The quantitative estimate of drug-likeness (QED) is 0.791. The summed E-state index contributed by atoms with van der Waals surface area (Å²) >= 11 is 1.61. The predicted molar refractivity (Wildman–Crippen MR) is 83.4 cm³/mol. The first-order chi connectivity index (χ1) is 9.14. The fraction of sp³-hybridized carbons (Fsp3) is 0.786. The predicted octanol–water partition coefficient (Wildman–Crippen LogP) is 3.88. The normalized spacial score (nSPS) is 19.5. The second kappa shape index (κ2) is 5.49. The molecule has 0 atom stereocenters. The largest absolute Gasteiger partial charge is 0.410 e. The van der Waals surface area contributed by atoms with Gasteiger partial charge in [0.15, 0.2) is 8.32 Å². The molecular weight excluding hydrogens is 290 g/mol. The third-order valence-electron chi connectivity index (χ3n) is 4.22. The molecule has 4 nitrogen and oxygen atoms in total. The lowest BCUT2D eigenvalue weighted by Crippen LogP contribution is -2.40. The zero-order chi connectivity index (χ0) is 15.0. The molecule has 1 fully saturated rings. The highest BCUT2D eigenvalue weighted by molar-refractivity contribution is 7.09. The molecule has 0 N–H and O–H groups in total. The molecule has 2 rings (SSSR count). The van der Waals surface area contributed by atoms with Crippen molar-refractivity contribution in [3.8, 4) is 0 Å². The molecule has 1 aromatic rings. The molecular formula is C14H25NO3SSi. The summed E-state index contributed by atoms with van der Waals surface area (Å²) in [5, 5.41) is 3.22. The highest BCUT2D eigenvalue weighted by Crippen LogP contribution is 2.37. The van der Waals surface area contributed by atoms with Crippen molar-refractivity contribution in [2.24, 2.45) is 0 Å². The molecule has 0 bridgehead atoms. The molecule has 0 amide bonds. The Morgan fingerprint density at radius 1 is 1.35 bits per heavy atom. The minimum absolute atomic E-state index is 0.219. The summed E-state index contributed by atoms with van der Waals surface area (Å²) in [7, 11) is -1.72. The molecule has 0 aromatic carbocycles. The maximum absolute atomic E-state index is 6.19. The van der Waals surface area contributed by atoms with E-state index in [0.29, 0.717) is 19.8 Å². The van der Waals surface area contributed by atoms with Gasteiger partial charge in [-0.15, -0.1) is 11.3 Å². The first-order valence-corrected chi connectivity index (χ1v) is 10.8. The van der Waals surface area contributed by atoms with E-state index in [2.05, 4.69) is 38.8 Å². The molecule has 114 valence electrons. The fourth-order valence-electron chi connectivity index (χ4n) is 1.71. The Kier molecular flexibility index (Phi) is 4.42. The van der Waals surface area contributed by atoms with E-state index >= 15 is 0 Å². The van der Waals surface area contributed by atoms with Crippen LogP contribution in [0.1, 0.15) is 38.4 Å². The highest BCUT2D eigenvalue weighted by Gasteiger charge is 2.38. The zero-order valence-electron chi connectivity index (χ0n) is 13.3. The number of hydrogen-bond donors (Lipinski definition) is 0. The molecule has 0 spiro atoms. The van der Waals surface area contributed by atoms with Crippen LogP contribution in [-0.2, 0) is 26.3 Å². The summed E-state index contributed by atoms with van der Waals surface area (Å²) in [4.78, 5) is 4.61. The van der Waals surface area contributed by atoms with Crippen LogP contribution in [0.15, 0.2) is 5.38 Å². The Hall–Kier alpha value is -0.273. The maximum Gasteiger partial charge on any atom is 0.210 e. The molecule has 1 aliphatic rings. The van der Waals surface area contributed by atoms with E-state index < -0.39 is 14.1 Å². The van der Waals surface area contributed by atoms with Gasteiger partial charge in [0.2, 0.25) is 5.79 Å². The summed E-state index contributed by atoms with van der Waals surface area (Å²) < 4.78 is 17.5. The first-order valence-electron chi connectivity index (χ1n) is 7.01. The van der Waals surface area contributed by atoms with E-state index in [1.165, 1.54) is 0 Å². The smallest absolute Gasteiger partial charge is 0.210 e. The van der Waals surface area contributed by atoms with Gasteiger partial charge in [-0.1, -0.05) is 20.8 Å². The average Bonchev–Trinajstić information content (AvgIpc) is 2.94. The van der Waals surface area contributed by atoms with Crippen molar-refractivity contribution < 1.29 is 13.9 Å². The van der Waals surface area contributed by atoms with Gasteiger partial charge in [-0.2, -0.15) is 0 Å². The molecule has 20 heavy (non-hydrogen) atoms. The second-order valence-electron chi connectivity index (χ2n) is 6.82. The molecule has 0 aliphatic carbocycles. The zero-order valence-corrected chi connectivity index (χ0v) is 15.1. The van der Waals surface area contributed by atoms with Crippen LogP contribution in [0.3, 0.4) is 0 Å². The first kappa shape index (κ1) is 16.1. The van der Waals surface area contributed by atoms with Crippen molar-refractivity contribution in [2.75, 3.05) is 13.2 Å². The topological polar surface area (TPSA) is 40.6 Å². The van der Waals surface area contributed by atoms with Crippen LogP contribution in [-0.4, -0.2) is 26.5 Å². The molecule has 1 aliphatic heterocycles. The van der Waals surface area contributed by atoms with Gasteiger partial charge in [-0.3, -0.25) is 0 Å². The number of ether oxygens (including phenoxy) is 2. The van der Waals surface area contributed by atoms with Crippen LogP contribution in [0.2, 0.25) is 18.1 Å². The average molecular weight is 316 g/mol. The molecule has 1 aromatic heterocycles. The third-order valence-corrected chi connectivity index (χ3v) is 9.52. The van der Waals surface area contributed by atoms with Crippen LogP contribution in [0.25, 0.3) is 0 Å². The molecule has 0 unspecified atom stereocenters. The Balaban J connectivity index is 2.00. The van der Waals surface area contributed by atoms with E-state index in [1.807, 2.05) is 12.3 Å². The monoisotopic (exact) mass is 315 g/mol. The lowest BCUT2D eigenvalue weighted by molar-refractivity contribution is -0.152. The van der Waals surface area contributed by atoms with Gasteiger partial charge in [0.1, 0.15) is 10.7 Å². The molecule has 2 heterocycles. The second-order valence-corrected chi connectivity index (χ2v) is 12.6. The molecule has 0 saturated carbocycles. The Morgan fingerprint density at radius 2 is 1.95 bits per heavy atom. The van der Waals surface area contributed by atoms with E-state index in [4.69, 9.17) is 13.9 Å². The summed E-state index contributed by atoms with van der Waals surface area (Å²) in [5.74, 6) is -0.675. The highest BCUT2D eigenvalue weighted by atomic mass is 32.1. The Bertz CT molecular complexity index is 461. The number of aromatic nitrogens is 1. The van der Waals surface area contributed by atoms with Gasteiger partial charge in [0.25, 0.3) is 0 Å². The van der Waals surface area contributed by atoms with E-state index in [-0.39, 0.29) is 5.04 Å². The summed E-state index contributed by atoms with van der Waals surface area (Å²) in [6.07, 6.45) is 0. The van der Waals surface area contributed by atoms with Crippen LogP contribution < -0.4 is 0 Å². The third kappa shape index (κ3) is 3.31. The fourth-order valence-corrected chi connectivity index (χ4v) is 3.53. The molecule has 6 heteroatoms. The molecule has 0 radical (unpaired) electrons. The summed E-state index contributed by atoms with van der Waals surface area (Å²) in [6, 6.07) is 0. The van der Waals surface area contributed by atoms with Crippen molar-refractivity contribution in [1.29, 1.82) is 0 Å². The van der Waals surface area contributed by atoms with Crippen LogP contribution in [0, 0.1) is 0 Å². The number of nitrogens with zero attached hydrogens (tertiary/aromatic N) is 1. The Morgan fingerprint density at radius 3 is 2.50 bits per heavy atom. The maximum atomic E-state index is 6.19. The minimum atomic E-state index is -1.72. The van der Waals surface area contributed by atoms with E-state index in [1.54, 1.807) is 11.3 Å². The van der Waals surface area contributed by atoms with Gasteiger partial charge in [0.05, 0.1) is 19.8 Å². The van der Waals surface area contributed by atoms with Crippen molar-refractivity contribution in [1.82, 2.24) is 4.98 Å². The van der Waals surface area contributed by atoms with Crippen molar-refractivity contribution in [2.45, 2.75) is 58.2 Å². The molecule has 1 saturated heterocycles. The van der Waals surface area contributed by atoms with E-state index in [0.717, 1.165) is 10.7 Å². The SMILES string of the molecule is CC1(c2csc(CO[Si](C)(C)C(C)(C)C)n2)OCCO1. The summed E-state index contributed by atoms with van der Waals surface area (Å²) in [6.45, 7) is 15.0. The van der Waals surface area contributed by atoms with E-state index in [9.17, 15) is 0 Å². The van der Waals surface area contributed by atoms with Gasteiger partial charge >= 0.3 is 0 Å². The van der Waals surface area contributed by atoms with Crippen molar-refractivity contribution in [3.05, 3.63) is 16.1 Å². The van der Waals surface area contributed by atoms with Crippen LogP contribution in [0.4, 0.5) is 0 Å². The number of rotatable bonds is 4. The van der Waals surface area contributed by atoms with Gasteiger partial charge in [-0.05, 0) is 25.1 Å². The summed E-state index contributed by atoms with van der Waals surface area (Å²) in [5.41, 5.74) is 0.855. The van der Waals surface area contributed by atoms with Crippen molar-refractivity contribution >= 4 is 19.7 Å². The van der Waals surface area contributed by atoms with Crippen molar-refractivity contribution in [3.63, 3.8) is 0 Å².